The number of phenols is 1. The Morgan fingerprint density at radius 3 is 2.44 bits per heavy atom. The number of carbonyl (C=O) groups is 1. The fourth-order valence-corrected chi connectivity index (χ4v) is 1.73. The maximum absolute atomic E-state index is 11.9. The zero-order valence-electron chi connectivity index (χ0n) is 9.77. The first-order valence-corrected chi connectivity index (χ1v) is 5.80. The maximum Gasteiger partial charge on any atom is 0.255 e. The number of benzene rings is 2. The van der Waals surface area contributed by atoms with E-state index in [1.54, 1.807) is 18.2 Å². The van der Waals surface area contributed by atoms with E-state index in [9.17, 15) is 9.90 Å². The van der Waals surface area contributed by atoms with E-state index in [4.69, 9.17) is 11.6 Å². The van der Waals surface area contributed by atoms with E-state index in [2.05, 4.69) is 5.32 Å². The molecule has 0 atom stereocenters. The summed E-state index contributed by atoms with van der Waals surface area (Å²) in [5.41, 5.74) is 2.12. The van der Waals surface area contributed by atoms with Crippen molar-refractivity contribution in [1.82, 2.24) is 0 Å². The van der Waals surface area contributed by atoms with Crippen molar-refractivity contribution in [3.63, 3.8) is 0 Å². The van der Waals surface area contributed by atoms with Crippen LogP contribution in [0.4, 0.5) is 5.69 Å². The van der Waals surface area contributed by atoms with Gasteiger partial charge in [-0.15, -0.1) is 0 Å². The van der Waals surface area contributed by atoms with Crippen LogP contribution in [0.25, 0.3) is 0 Å². The number of aryl methyl sites for hydroxylation is 1. The van der Waals surface area contributed by atoms with Crippen LogP contribution in [-0.4, -0.2) is 11.0 Å². The molecule has 0 aromatic heterocycles. The number of carbonyl (C=O) groups excluding carboxylic acids is 1. The van der Waals surface area contributed by atoms with Gasteiger partial charge in [-0.05, 0) is 31.2 Å². The van der Waals surface area contributed by atoms with Gasteiger partial charge in [0, 0.05) is 11.6 Å². The standard InChI is InChI=1S/C14H12ClNO2/c1-9-2-4-10(5-3-9)14(18)16-13-7-6-11(17)8-12(13)15/h2-8,17H,1H3,(H,16,18). The number of anilines is 1. The number of nitrogens with one attached hydrogen (secondary N) is 1. The Labute approximate surface area is 110 Å². The molecule has 2 N–H and O–H groups in total. The summed E-state index contributed by atoms with van der Waals surface area (Å²) in [7, 11) is 0. The van der Waals surface area contributed by atoms with Crippen LogP contribution in [0.5, 0.6) is 5.75 Å². The van der Waals surface area contributed by atoms with Crippen LogP contribution in [0, 0.1) is 6.92 Å². The van der Waals surface area contributed by atoms with Crippen LogP contribution in [0.2, 0.25) is 5.02 Å². The third-order valence-corrected chi connectivity index (χ3v) is 2.83. The Balaban J connectivity index is 2.18. The van der Waals surface area contributed by atoms with Crippen molar-refractivity contribution in [2.75, 3.05) is 5.32 Å². The lowest BCUT2D eigenvalue weighted by atomic mass is 10.1. The molecule has 0 bridgehead atoms. The molecule has 2 rings (SSSR count). The van der Waals surface area contributed by atoms with E-state index in [0.29, 0.717) is 16.3 Å². The summed E-state index contributed by atoms with van der Waals surface area (Å²) in [5.74, 6) is -0.170. The second-order valence-corrected chi connectivity index (χ2v) is 4.39. The predicted octanol–water partition coefficient (Wildman–Crippen LogP) is 3.61. The quantitative estimate of drug-likeness (QED) is 0.812. The Kier molecular flexibility index (Phi) is 3.53. The summed E-state index contributed by atoms with van der Waals surface area (Å²) >= 11 is 5.91. The van der Waals surface area contributed by atoms with Crippen molar-refractivity contribution in [3.05, 3.63) is 58.6 Å². The molecule has 0 heterocycles. The molecule has 4 heteroatoms. The van der Waals surface area contributed by atoms with Crippen molar-refractivity contribution in [1.29, 1.82) is 0 Å². The lowest BCUT2D eigenvalue weighted by molar-refractivity contribution is 0.102. The normalized spacial score (nSPS) is 10.1. The third-order valence-electron chi connectivity index (χ3n) is 2.51. The first kappa shape index (κ1) is 12.5. The third kappa shape index (κ3) is 2.81. The molecule has 92 valence electrons. The van der Waals surface area contributed by atoms with E-state index in [-0.39, 0.29) is 11.7 Å². The molecule has 0 spiro atoms. The molecular weight excluding hydrogens is 250 g/mol. The number of aromatic hydroxyl groups is 1. The zero-order chi connectivity index (χ0) is 13.1. The van der Waals surface area contributed by atoms with Crippen molar-refractivity contribution < 1.29 is 9.90 Å². The van der Waals surface area contributed by atoms with Crippen LogP contribution in [0.3, 0.4) is 0 Å². The molecule has 2 aromatic rings. The molecule has 0 aliphatic rings. The van der Waals surface area contributed by atoms with Gasteiger partial charge < -0.3 is 10.4 Å². The molecule has 2 aromatic carbocycles. The summed E-state index contributed by atoms with van der Waals surface area (Å²) in [6.45, 7) is 1.96. The van der Waals surface area contributed by atoms with Crippen molar-refractivity contribution >= 4 is 23.2 Å². The lowest BCUT2D eigenvalue weighted by Crippen LogP contribution is -2.11. The molecule has 3 nitrogen and oxygen atoms in total. The summed E-state index contributed by atoms with van der Waals surface area (Å²) < 4.78 is 0. The molecule has 0 saturated heterocycles. The number of phenolic OH excluding ortho intramolecular Hbond substituents is 1. The fourth-order valence-electron chi connectivity index (χ4n) is 1.50. The molecule has 1 amide bonds. The Morgan fingerprint density at radius 1 is 1.17 bits per heavy atom. The van der Waals surface area contributed by atoms with Gasteiger partial charge >= 0.3 is 0 Å². The van der Waals surface area contributed by atoms with Crippen LogP contribution in [0.1, 0.15) is 15.9 Å². The molecule has 18 heavy (non-hydrogen) atoms. The SMILES string of the molecule is Cc1ccc(C(=O)Nc2ccc(O)cc2Cl)cc1. The van der Waals surface area contributed by atoms with E-state index in [0.717, 1.165) is 5.56 Å². The Morgan fingerprint density at radius 2 is 1.83 bits per heavy atom. The highest BCUT2D eigenvalue weighted by Crippen LogP contribution is 2.26. The number of amides is 1. The van der Waals surface area contributed by atoms with Gasteiger partial charge in [-0.25, -0.2) is 0 Å². The molecule has 0 fully saturated rings. The van der Waals surface area contributed by atoms with Gasteiger partial charge in [0.05, 0.1) is 10.7 Å². The molecule has 0 unspecified atom stereocenters. The van der Waals surface area contributed by atoms with E-state index in [1.807, 2.05) is 19.1 Å². The van der Waals surface area contributed by atoms with Crippen molar-refractivity contribution in [3.8, 4) is 5.75 Å². The van der Waals surface area contributed by atoms with Crippen molar-refractivity contribution in [2.24, 2.45) is 0 Å². The van der Waals surface area contributed by atoms with Crippen LogP contribution in [-0.2, 0) is 0 Å². The molecule has 0 aliphatic carbocycles. The second kappa shape index (κ2) is 5.10. The van der Waals surface area contributed by atoms with Crippen LogP contribution >= 0.6 is 11.6 Å². The highest BCUT2D eigenvalue weighted by molar-refractivity contribution is 6.34. The minimum Gasteiger partial charge on any atom is -0.508 e. The molecule has 0 saturated carbocycles. The Bertz CT molecular complexity index is 579. The zero-order valence-corrected chi connectivity index (χ0v) is 10.5. The molecular formula is C14H12ClNO2. The molecule has 0 aliphatic heterocycles. The minimum absolute atomic E-state index is 0.0633. The predicted molar refractivity (Wildman–Crippen MR) is 72.2 cm³/mol. The molecule has 0 radical (unpaired) electrons. The van der Waals surface area contributed by atoms with Gasteiger partial charge in [0.15, 0.2) is 0 Å². The topological polar surface area (TPSA) is 49.3 Å². The van der Waals surface area contributed by atoms with E-state index < -0.39 is 0 Å². The first-order chi connectivity index (χ1) is 8.56. The second-order valence-electron chi connectivity index (χ2n) is 3.98. The Hall–Kier alpha value is -2.00. The van der Waals surface area contributed by atoms with Crippen LogP contribution < -0.4 is 5.32 Å². The highest BCUT2D eigenvalue weighted by atomic mass is 35.5. The summed E-state index contributed by atoms with van der Waals surface area (Å²) in [5, 5.41) is 12.2. The van der Waals surface area contributed by atoms with Gasteiger partial charge in [0.2, 0.25) is 0 Å². The van der Waals surface area contributed by atoms with Gasteiger partial charge in [-0.3, -0.25) is 4.79 Å². The van der Waals surface area contributed by atoms with E-state index >= 15 is 0 Å². The van der Waals surface area contributed by atoms with Crippen molar-refractivity contribution in [2.45, 2.75) is 6.92 Å². The first-order valence-electron chi connectivity index (χ1n) is 5.43. The fraction of sp³-hybridized carbons (Fsp3) is 0.0714. The highest BCUT2D eigenvalue weighted by Gasteiger charge is 2.08. The average Bonchev–Trinajstić information content (AvgIpc) is 2.33. The van der Waals surface area contributed by atoms with Gasteiger partial charge in [0.25, 0.3) is 5.91 Å². The average molecular weight is 262 g/mol. The summed E-state index contributed by atoms with van der Waals surface area (Å²) in [6.07, 6.45) is 0. The van der Waals surface area contributed by atoms with Gasteiger partial charge in [-0.1, -0.05) is 29.3 Å². The summed E-state index contributed by atoms with van der Waals surface area (Å²) in [6, 6.07) is 11.6. The van der Waals surface area contributed by atoms with Gasteiger partial charge in [0.1, 0.15) is 5.75 Å². The number of hydrogen-bond donors (Lipinski definition) is 2. The smallest absolute Gasteiger partial charge is 0.255 e. The van der Waals surface area contributed by atoms with Gasteiger partial charge in [-0.2, -0.15) is 0 Å². The number of halogens is 1. The summed E-state index contributed by atoms with van der Waals surface area (Å²) in [4.78, 5) is 11.9. The monoisotopic (exact) mass is 261 g/mol. The van der Waals surface area contributed by atoms with Crippen LogP contribution in [0.15, 0.2) is 42.5 Å². The number of hydrogen-bond acceptors (Lipinski definition) is 2. The maximum atomic E-state index is 11.9. The van der Waals surface area contributed by atoms with E-state index in [1.165, 1.54) is 12.1 Å². The number of rotatable bonds is 2. The lowest BCUT2D eigenvalue weighted by Gasteiger charge is -2.07. The largest absolute Gasteiger partial charge is 0.508 e. The minimum atomic E-state index is -0.234.